The van der Waals surface area contributed by atoms with Gasteiger partial charge < -0.3 is 24.6 Å². The fourth-order valence-corrected chi connectivity index (χ4v) is 1.80. The van der Waals surface area contributed by atoms with Gasteiger partial charge in [-0.1, -0.05) is 6.92 Å². The molecule has 0 aromatic rings. The third-order valence-corrected chi connectivity index (χ3v) is 3.05. The average Bonchev–Trinajstić information content (AvgIpc) is 2.18. The van der Waals surface area contributed by atoms with Crippen LogP contribution >= 0.6 is 0 Å². The Morgan fingerprint density at radius 2 is 1.93 bits per heavy atom. The van der Waals surface area contributed by atoms with Crippen molar-refractivity contribution in [3.8, 4) is 0 Å². The molecule has 1 aliphatic heterocycles. The summed E-state index contributed by atoms with van der Waals surface area (Å²) in [5, 5.41) is 2.73. The molecule has 1 heterocycles. The summed E-state index contributed by atoms with van der Waals surface area (Å²) in [4.78, 5) is 13.8. The zero-order valence-electron chi connectivity index (χ0n) is 10.2. The van der Waals surface area contributed by atoms with Gasteiger partial charge in [-0.3, -0.25) is 4.79 Å². The summed E-state index contributed by atoms with van der Waals surface area (Å²) < 4.78 is 0. The molecule has 1 aliphatic rings. The largest absolute Gasteiger partial charge is 0.359 e. The van der Waals surface area contributed by atoms with Crippen LogP contribution in [0, 0.1) is 19.8 Å². The number of likely N-dealkylation sites (tertiary alicyclic amines) is 1. The van der Waals surface area contributed by atoms with Gasteiger partial charge in [0.25, 0.3) is 0 Å². The summed E-state index contributed by atoms with van der Waals surface area (Å²) in [5.74, 6) is 0.177. The Morgan fingerprint density at radius 3 is 2.27 bits per heavy atom. The van der Waals surface area contributed by atoms with Gasteiger partial charge in [-0.2, -0.15) is 0 Å². The molecule has 0 atom stereocenters. The van der Waals surface area contributed by atoms with Gasteiger partial charge >= 0.3 is 0 Å². The van der Waals surface area contributed by atoms with Crippen LogP contribution < -0.4 is 5.32 Å². The Kier molecular flexibility index (Phi) is 9.26. The maximum atomic E-state index is 11.5. The summed E-state index contributed by atoms with van der Waals surface area (Å²) in [7, 11) is 1.71. The molecule has 4 heteroatoms. The maximum absolute atomic E-state index is 11.5. The Hall–Kier alpha value is 0.534. The van der Waals surface area contributed by atoms with E-state index in [-0.39, 0.29) is 51.5 Å². The van der Waals surface area contributed by atoms with Crippen LogP contribution in [0.1, 0.15) is 19.8 Å². The van der Waals surface area contributed by atoms with Crippen molar-refractivity contribution in [1.82, 2.24) is 10.2 Å². The molecule has 0 spiro atoms. The summed E-state index contributed by atoms with van der Waals surface area (Å²) in [5.41, 5.74) is -0.152. The molecule has 0 bridgehead atoms. The smallest absolute Gasteiger partial charge is 0.225 e. The van der Waals surface area contributed by atoms with Crippen molar-refractivity contribution in [3.05, 3.63) is 14.4 Å². The molecule has 1 amide bonds. The van der Waals surface area contributed by atoms with E-state index < -0.39 is 0 Å². The molecule has 87 valence electrons. The summed E-state index contributed by atoms with van der Waals surface area (Å²) >= 11 is 0. The molecule has 1 N–H and O–H groups in total. The fraction of sp³-hybridized carbons (Fsp3) is 0.727. The topological polar surface area (TPSA) is 32.3 Å². The van der Waals surface area contributed by atoms with Gasteiger partial charge in [-0.25, -0.2) is 0 Å². The molecule has 15 heavy (non-hydrogen) atoms. The van der Waals surface area contributed by atoms with E-state index >= 15 is 0 Å². The van der Waals surface area contributed by atoms with E-state index in [1.54, 1.807) is 7.05 Å². The Bertz CT molecular complexity index is 189. The number of rotatable bonds is 2. The van der Waals surface area contributed by atoms with Crippen molar-refractivity contribution in [2.45, 2.75) is 19.8 Å². The van der Waals surface area contributed by atoms with Gasteiger partial charge in [-0.05, 0) is 25.9 Å². The number of amides is 1. The first-order valence-electron chi connectivity index (χ1n) is 4.86. The summed E-state index contributed by atoms with van der Waals surface area (Å²) in [6.07, 6.45) is 1.89. The number of carbonyl (C=O) groups excluding carboxylic acids is 1. The minimum Gasteiger partial charge on any atom is -0.359 e. The Balaban J connectivity index is 0. The van der Waals surface area contributed by atoms with Crippen LogP contribution in [-0.2, 0) is 37.5 Å². The molecular formula is C11H22N2OY-2. The minimum absolute atomic E-state index is 0. The van der Waals surface area contributed by atoms with E-state index in [4.69, 9.17) is 0 Å². The zero-order chi connectivity index (χ0) is 9.90. The van der Waals surface area contributed by atoms with E-state index in [0.29, 0.717) is 0 Å². The predicted molar refractivity (Wildman–Crippen MR) is 59.6 cm³/mol. The average molecular weight is 287 g/mol. The van der Waals surface area contributed by atoms with Crippen molar-refractivity contribution in [1.29, 1.82) is 0 Å². The predicted octanol–water partition coefficient (Wildman–Crippen LogP) is 1.12. The monoisotopic (exact) mass is 287 g/mol. The van der Waals surface area contributed by atoms with E-state index in [2.05, 4.69) is 17.1 Å². The molecule has 0 unspecified atom stereocenters. The normalized spacial score (nSPS) is 19.7. The van der Waals surface area contributed by atoms with Gasteiger partial charge in [0, 0.05) is 45.2 Å². The van der Waals surface area contributed by atoms with Gasteiger partial charge in [-0.15, -0.1) is 6.54 Å². The fourth-order valence-electron chi connectivity index (χ4n) is 1.80. The number of nitrogens with one attached hydrogen (secondary N) is 1. The summed E-state index contributed by atoms with van der Waals surface area (Å²) in [6, 6.07) is 0. The van der Waals surface area contributed by atoms with Crippen molar-refractivity contribution < 1.29 is 37.5 Å². The van der Waals surface area contributed by atoms with Gasteiger partial charge in [0.2, 0.25) is 5.91 Å². The number of nitrogens with zero attached hydrogens (tertiary/aromatic N) is 1. The number of hydrogen-bond donors (Lipinski definition) is 1. The molecule has 0 aromatic carbocycles. The SMILES string of the molecule is [CH2-]CN1CCC(C)(C(=O)NC)CC1.[CH3-].[Y]. The molecular weight excluding hydrogens is 265 g/mol. The van der Waals surface area contributed by atoms with Crippen molar-refractivity contribution >= 4 is 5.91 Å². The first-order valence-corrected chi connectivity index (χ1v) is 4.86. The zero-order valence-corrected chi connectivity index (χ0v) is 13.0. The molecule has 1 fully saturated rings. The van der Waals surface area contributed by atoms with Crippen LogP contribution in [0.15, 0.2) is 0 Å². The molecule has 1 saturated heterocycles. The van der Waals surface area contributed by atoms with Crippen molar-refractivity contribution in [2.24, 2.45) is 5.41 Å². The molecule has 0 aliphatic carbocycles. The molecule has 1 radical (unpaired) electrons. The van der Waals surface area contributed by atoms with Crippen molar-refractivity contribution in [3.63, 3.8) is 0 Å². The second-order valence-electron chi connectivity index (χ2n) is 3.98. The molecule has 3 nitrogen and oxygen atoms in total. The summed E-state index contributed by atoms with van der Waals surface area (Å²) in [6.45, 7) is 8.73. The standard InChI is InChI=1S/C10H19N2O.CH3.Y/c1-4-12-7-5-10(2,6-8-12)9(13)11-3;;/h1,4-8H2,2-3H3,(H,11,13);1H3;/q2*-1;. The third kappa shape index (κ3) is 4.50. The van der Waals surface area contributed by atoms with Crippen LogP contribution in [0.5, 0.6) is 0 Å². The van der Waals surface area contributed by atoms with Gasteiger partial charge in [0.15, 0.2) is 0 Å². The van der Waals surface area contributed by atoms with Crippen LogP contribution in [0.25, 0.3) is 0 Å². The van der Waals surface area contributed by atoms with Crippen LogP contribution in [0.4, 0.5) is 0 Å². The number of piperidine rings is 1. The second-order valence-corrected chi connectivity index (χ2v) is 3.98. The minimum atomic E-state index is -0.152. The quantitative estimate of drug-likeness (QED) is 0.772. The molecule has 0 aromatic heterocycles. The maximum Gasteiger partial charge on any atom is 0.225 e. The number of carbonyl (C=O) groups is 1. The van der Waals surface area contributed by atoms with E-state index in [0.717, 1.165) is 32.5 Å². The van der Waals surface area contributed by atoms with E-state index in [1.165, 1.54) is 0 Å². The van der Waals surface area contributed by atoms with E-state index in [9.17, 15) is 4.79 Å². The third-order valence-electron chi connectivity index (χ3n) is 3.05. The van der Waals surface area contributed by atoms with Gasteiger partial charge in [0.05, 0.1) is 0 Å². The van der Waals surface area contributed by atoms with Crippen molar-refractivity contribution in [2.75, 3.05) is 26.7 Å². The second kappa shape index (κ2) is 7.75. The number of hydrogen-bond acceptors (Lipinski definition) is 2. The van der Waals surface area contributed by atoms with Gasteiger partial charge in [0.1, 0.15) is 0 Å². The van der Waals surface area contributed by atoms with E-state index in [1.807, 2.05) is 6.92 Å². The first-order chi connectivity index (χ1) is 6.12. The van der Waals surface area contributed by atoms with Crippen LogP contribution in [0.2, 0.25) is 0 Å². The molecule has 0 saturated carbocycles. The van der Waals surface area contributed by atoms with Crippen LogP contribution in [0.3, 0.4) is 0 Å². The Morgan fingerprint density at radius 1 is 1.47 bits per heavy atom. The Labute approximate surface area is 119 Å². The first kappa shape index (κ1) is 17.9. The molecule has 1 rings (SSSR count). The van der Waals surface area contributed by atoms with Crippen LogP contribution in [-0.4, -0.2) is 37.5 Å².